The smallest absolute Gasteiger partial charge is 0.147 e. The van der Waals surface area contributed by atoms with Gasteiger partial charge in [0.25, 0.3) is 0 Å². The molecule has 0 amide bonds. The fraction of sp³-hybridized carbons (Fsp3) is 0.259. The number of benzene rings is 5. The Morgan fingerprint density at radius 3 is 2.25 bits per heavy atom. The van der Waals surface area contributed by atoms with Crippen molar-refractivity contribution in [3.63, 3.8) is 0 Å². The van der Waals surface area contributed by atoms with Crippen molar-refractivity contribution in [1.29, 1.82) is 0 Å². The normalized spacial score (nSPS) is 27.2. The molecule has 0 N–H and O–H groups in total. The van der Waals surface area contributed by atoms with E-state index >= 15 is 0 Å². The Bertz CT molecular complexity index is 2540. The third kappa shape index (κ3) is 5.31. The summed E-state index contributed by atoms with van der Waals surface area (Å²) in [6.07, 6.45) is 29.8. The Balaban J connectivity index is 0.946. The third-order valence-corrected chi connectivity index (χ3v) is 14.1. The quantitative estimate of drug-likeness (QED) is 0.167. The van der Waals surface area contributed by atoms with Crippen molar-refractivity contribution in [3.8, 4) is 16.9 Å². The molecule has 3 nitrogen and oxygen atoms in total. The van der Waals surface area contributed by atoms with E-state index in [4.69, 9.17) is 4.74 Å². The minimum absolute atomic E-state index is 0.187. The van der Waals surface area contributed by atoms with Gasteiger partial charge in [0.1, 0.15) is 11.9 Å². The van der Waals surface area contributed by atoms with Crippen LogP contribution in [0.2, 0.25) is 0 Å². The first-order valence-electron chi connectivity index (χ1n) is 21.5. The highest BCUT2D eigenvalue weighted by molar-refractivity contribution is 5.87. The molecule has 280 valence electrons. The zero-order valence-corrected chi connectivity index (χ0v) is 32.4. The number of hydrogen-bond donors (Lipinski definition) is 0. The maximum atomic E-state index is 7.03. The molecule has 12 rings (SSSR count). The second kappa shape index (κ2) is 13.4. The Morgan fingerprint density at radius 1 is 0.579 bits per heavy atom. The average molecular weight is 741 g/mol. The van der Waals surface area contributed by atoms with Gasteiger partial charge in [-0.1, -0.05) is 127 Å². The van der Waals surface area contributed by atoms with Crippen molar-refractivity contribution in [3.05, 3.63) is 192 Å². The van der Waals surface area contributed by atoms with Crippen molar-refractivity contribution in [1.82, 2.24) is 0 Å². The number of fused-ring (bicyclic) bond motifs is 9. The van der Waals surface area contributed by atoms with Crippen LogP contribution in [0.5, 0.6) is 5.75 Å². The molecule has 0 bridgehead atoms. The van der Waals surface area contributed by atoms with Crippen molar-refractivity contribution >= 4 is 28.3 Å². The van der Waals surface area contributed by atoms with Crippen LogP contribution in [-0.4, -0.2) is 18.2 Å². The lowest BCUT2D eigenvalue weighted by molar-refractivity contribution is 0.205. The summed E-state index contributed by atoms with van der Waals surface area (Å²) in [5.41, 5.74) is 16.3. The molecular formula is C54H48N2O. The largest absolute Gasteiger partial charge is 0.487 e. The first-order valence-corrected chi connectivity index (χ1v) is 21.5. The number of hydrogen-bond acceptors (Lipinski definition) is 3. The molecule has 0 radical (unpaired) electrons. The lowest BCUT2D eigenvalue weighted by Crippen LogP contribution is -2.31. The molecule has 0 spiro atoms. The van der Waals surface area contributed by atoms with Gasteiger partial charge in [-0.2, -0.15) is 0 Å². The molecule has 7 unspecified atom stereocenters. The molecule has 3 heterocycles. The van der Waals surface area contributed by atoms with Crippen molar-refractivity contribution in [2.75, 3.05) is 9.80 Å². The lowest BCUT2D eigenvalue weighted by atomic mass is 9.80. The van der Waals surface area contributed by atoms with Crippen LogP contribution in [0.3, 0.4) is 0 Å². The van der Waals surface area contributed by atoms with Crippen molar-refractivity contribution in [2.45, 2.75) is 86.8 Å². The number of ether oxygens (including phenoxy) is 1. The van der Waals surface area contributed by atoms with Crippen LogP contribution in [-0.2, 0) is 0 Å². The van der Waals surface area contributed by atoms with Crippen LogP contribution in [0.4, 0.5) is 22.7 Å². The fourth-order valence-electron chi connectivity index (χ4n) is 11.5. The molecule has 7 atom stereocenters. The summed E-state index contributed by atoms with van der Waals surface area (Å²) in [6, 6.07) is 42.1. The van der Waals surface area contributed by atoms with Crippen LogP contribution in [0, 0.1) is 0 Å². The van der Waals surface area contributed by atoms with Crippen molar-refractivity contribution < 1.29 is 4.74 Å². The highest BCUT2D eigenvalue weighted by Crippen LogP contribution is 2.58. The Labute approximate surface area is 337 Å². The summed E-state index contributed by atoms with van der Waals surface area (Å²) < 4.78 is 7.03. The summed E-state index contributed by atoms with van der Waals surface area (Å²) in [7, 11) is 0. The van der Waals surface area contributed by atoms with E-state index in [1.165, 1.54) is 86.5 Å². The minimum atomic E-state index is 0.187. The number of allylic oxidation sites excluding steroid dienone is 6. The lowest BCUT2D eigenvalue weighted by Gasteiger charge is -2.33. The predicted molar refractivity (Wildman–Crippen MR) is 235 cm³/mol. The molecule has 0 fully saturated rings. The highest BCUT2D eigenvalue weighted by atomic mass is 16.5. The molecule has 4 aliphatic carbocycles. The molecule has 0 saturated carbocycles. The van der Waals surface area contributed by atoms with Gasteiger partial charge in [-0.15, -0.1) is 0 Å². The molecule has 0 saturated heterocycles. The molecule has 3 aliphatic heterocycles. The molecular weight excluding hydrogens is 693 g/mol. The van der Waals surface area contributed by atoms with Gasteiger partial charge in [-0.05, 0) is 120 Å². The predicted octanol–water partition coefficient (Wildman–Crippen LogP) is 13.6. The van der Waals surface area contributed by atoms with Gasteiger partial charge in [0.2, 0.25) is 0 Å². The summed E-state index contributed by atoms with van der Waals surface area (Å²) in [5.74, 6) is 2.51. The average Bonchev–Trinajstić information content (AvgIpc) is 3.94. The zero-order valence-electron chi connectivity index (χ0n) is 32.4. The summed E-state index contributed by atoms with van der Waals surface area (Å²) in [4.78, 5) is 5.24. The number of nitrogens with zero attached hydrogens (tertiary/aromatic N) is 2. The molecule has 3 heteroatoms. The highest BCUT2D eigenvalue weighted by Gasteiger charge is 2.45. The van der Waals surface area contributed by atoms with Crippen LogP contribution < -0.4 is 14.5 Å². The van der Waals surface area contributed by atoms with Gasteiger partial charge in [0.15, 0.2) is 0 Å². The molecule has 5 aromatic rings. The van der Waals surface area contributed by atoms with Crippen LogP contribution in [0.25, 0.3) is 16.7 Å². The van der Waals surface area contributed by atoms with E-state index in [-0.39, 0.29) is 24.0 Å². The zero-order chi connectivity index (χ0) is 37.5. The van der Waals surface area contributed by atoms with Gasteiger partial charge in [-0.3, -0.25) is 0 Å². The number of rotatable bonds is 5. The molecule has 57 heavy (non-hydrogen) atoms. The minimum Gasteiger partial charge on any atom is -0.487 e. The van der Waals surface area contributed by atoms with Crippen LogP contribution in [0.15, 0.2) is 164 Å². The molecule has 5 aromatic carbocycles. The van der Waals surface area contributed by atoms with Gasteiger partial charge in [0, 0.05) is 52.3 Å². The first kappa shape index (κ1) is 33.4. The first-order chi connectivity index (χ1) is 28.3. The summed E-state index contributed by atoms with van der Waals surface area (Å²) >= 11 is 0. The van der Waals surface area contributed by atoms with E-state index in [1.54, 1.807) is 0 Å². The van der Waals surface area contributed by atoms with Gasteiger partial charge in [0.05, 0.1) is 11.7 Å². The standard InChI is InChI=1S/C54H48N2O/c1-4-14-35(15-5-1)37-24-28-48-45(32-37)46-34-39(25-29-49(46)55(48)40-18-8-3-9-19-40)38-26-30-50-44(33-38)42-20-10-12-22-47(42)56(50)51-31-27-41(36-16-6-2-7-17-36)53-43-21-11-13-23-52(43)57-54(51)53/h2-4,6-12,14,16-22,24,26-28,30-35,42-43,46-47,49,52H,1,5,13,15,23,25,29H2. The second-order valence-electron chi connectivity index (χ2n) is 17.2. The summed E-state index contributed by atoms with van der Waals surface area (Å²) in [6.45, 7) is 0. The number of anilines is 4. The van der Waals surface area contributed by atoms with Gasteiger partial charge in [-0.25, -0.2) is 0 Å². The van der Waals surface area contributed by atoms with Gasteiger partial charge >= 0.3 is 0 Å². The van der Waals surface area contributed by atoms with E-state index in [9.17, 15) is 0 Å². The second-order valence-corrected chi connectivity index (χ2v) is 17.2. The Morgan fingerprint density at radius 2 is 1.37 bits per heavy atom. The maximum absolute atomic E-state index is 7.03. The number of para-hydroxylation sites is 1. The molecule has 7 aliphatic rings. The van der Waals surface area contributed by atoms with Crippen LogP contribution >= 0.6 is 0 Å². The van der Waals surface area contributed by atoms with Crippen molar-refractivity contribution in [2.24, 2.45) is 0 Å². The Hall–Kier alpha value is -5.80. The fourth-order valence-corrected chi connectivity index (χ4v) is 11.5. The topological polar surface area (TPSA) is 15.7 Å². The maximum Gasteiger partial charge on any atom is 0.147 e. The summed E-state index contributed by atoms with van der Waals surface area (Å²) in [5, 5.41) is 0. The Kier molecular flexibility index (Phi) is 7.84. The van der Waals surface area contributed by atoms with Crippen LogP contribution in [0.1, 0.15) is 96.4 Å². The van der Waals surface area contributed by atoms with E-state index in [0.29, 0.717) is 17.9 Å². The van der Waals surface area contributed by atoms with E-state index < -0.39 is 0 Å². The van der Waals surface area contributed by atoms with E-state index in [0.717, 1.165) is 31.4 Å². The van der Waals surface area contributed by atoms with E-state index in [2.05, 4.69) is 174 Å². The monoisotopic (exact) mass is 740 g/mol. The van der Waals surface area contributed by atoms with Gasteiger partial charge < -0.3 is 14.5 Å². The SMILES string of the molecule is C1=CC2c3cc(C4=CC5c6cc(C7C=CCCC7)ccc6N(c6ccccc6)C5CC4)ccc3N(c3ccc(-c4ccccc4)c4c3OC3CCC=CC43)C2C=C1. The molecule has 0 aromatic heterocycles. The van der Waals surface area contributed by atoms with E-state index in [1.807, 2.05) is 0 Å². The third-order valence-electron chi connectivity index (χ3n) is 14.1.